The summed E-state index contributed by atoms with van der Waals surface area (Å²) in [6.45, 7) is 1.24. The standard InChI is InChI=1S/C10H9Br2N3OS/c11-7-6-8(17-9(7)12)10(16)13-3-5-15-4-1-2-14-15/h1-2,4,6H,3,5H2,(H,13,16). The van der Waals surface area contributed by atoms with E-state index in [1.54, 1.807) is 16.9 Å². The van der Waals surface area contributed by atoms with Crippen LogP contribution >= 0.6 is 43.2 Å². The first-order valence-corrected chi connectivity index (χ1v) is 7.27. The highest BCUT2D eigenvalue weighted by atomic mass is 79.9. The maximum atomic E-state index is 11.8. The lowest BCUT2D eigenvalue weighted by molar-refractivity contribution is 0.0956. The summed E-state index contributed by atoms with van der Waals surface area (Å²) in [6, 6.07) is 3.66. The largest absolute Gasteiger partial charge is 0.349 e. The van der Waals surface area contributed by atoms with Crippen LogP contribution in [0.25, 0.3) is 0 Å². The van der Waals surface area contributed by atoms with E-state index in [9.17, 15) is 4.79 Å². The lowest BCUT2D eigenvalue weighted by Crippen LogP contribution is -2.26. The van der Waals surface area contributed by atoms with Gasteiger partial charge in [0, 0.05) is 23.4 Å². The van der Waals surface area contributed by atoms with E-state index in [1.807, 2.05) is 12.3 Å². The molecule has 1 amide bonds. The molecular weight excluding hydrogens is 370 g/mol. The molecule has 90 valence electrons. The van der Waals surface area contributed by atoms with Gasteiger partial charge in [-0.3, -0.25) is 9.48 Å². The Hall–Kier alpha value is -0.660. The van der Waals surface area contributed by atoms with E-state index < -0.39 is 0 Å². The fourth-order valence-electron chi connectivity index (χ4n) is 1.26. The van der Waals surface area contributed by atoms with Crippen molar-refractivity contribution in [2.75, 3.05) is 6.54 Å². The van der Waals surface area contributed by atoms with Gasteiger partial charge in [-0.25, -0.2) is 0 Å². The molecule has 17 heavy (non-hydrogen) atoms. The Morgan fingerprint density at radius 1 is 1.53 bits per heavy atom. The molecule has 2 heterocycles. The fraction of sp³-hybridized carbons (Fsp3) is 0.200. The quantitative estimate of drug-likeness (QED) is 0.889. The number of carbonyl (C=O) groups excluding carboxylic acids is 1. The normalized spacial score (nSPS) is 10.5. The molecule has 2 aromatic heterocycles. The van der Waals surface area contributed by atoms with Gasteiger partial charge in [0.15, 0.2) is 0 Å². The molecule has 0 atom stereocenters. The van der Waals surface area contributed by atoms with Crippen LogP contribution in [0.3, 0.4) is 0 Å². The Labute approximate surface area is 119 Å². The Morgan fingerprint density at radius 2 is 2.35 bits per heavy atom. The molecule has 0 fully saturated rings. The number of aromatic nitrogens is 2. The molecular formula is C10H9Br2N3OS. The van der Waals surface area contributed by atoms with Crippen LogP contribution in [0.5, 0.6) is 0 Å². The molecule has 0 bridgehead atoms. The van der Waals surface area contributed by atoms with E-state index in [0.717, 1.165) is 8.26 Å². The van der Waals surface area contributed by atoms with Crippen molar-refractivity contribution >= 4 is 49.1 Å². The number of rotatable bonds is 4. The summed E-state index contributed by atoms with van der Waals surface area (Å²) in [5, 5.41) is 6.90. The zero-order valence-electron chi connectivity index (χ0n) is 8.69. The van der Waals surface area contributed by atoms with E-state index in [1.165, 1.54) is 11.3 Å². The first-order valence-electron chi connectivity index (χ1n) is 4.87. The molecule has 4 nitrogen and oxygen atoms in total. The highest BCUT2D eigenvalue weighted by Crippen LogP contribution is 2.32. The lowest BCUT2D eigenvalue weighted by atomic mass is 10.4. The average molecular weight is 379 g/mol. The Balaban J connectivity index is 1.85. The van der Waals surface area contributed by atoms with Gasteiger partial charge in [0.25, 0.3) is 5.91 Å². The highest BCUT2D eigenvalue weighted by molar-refractivity contribution is 9.13. The maximum Gasteiger partial charge on any atom is 0.261 e. The van der Waals surface area contributed by atoms with Crippen LogP contribution < -0.4 is 5.32 Å². The third-order valence-corrected chi connectivity index (χ3v) is 5.31. The minimum absolute atomic E-state index is 0.0615. The summed E-state index contributed by atoms with van der Waals surface area (Å²) in [5.41, 5.74) is 0. The minimum Gasteiger partial charge on any atom is -0.349 e. The minimum atomic E-state index is -0.0615. The molecule has 7 heteroatoms. The van der Waals surface area contributed by atoms with Gasteiger partial charge in [-0.15, -0.1) is 11.3 Å². The van der Waals surface area contributed by atoms with Gasteiger partial charge >= 0.3 is 0 Å². The summed E-state index contributed by atoms with van der Waals surface area (Å²) in [5.74, 6) is -0.0615. The van der Waals surface area contributed by atoms with Crippen molar-refractivity contribution < 1.29 is 4.79 Å². The van der Waals surface area contributed by atoms with Crippen molar-refractivity contribution in [3.63, 3.8) is 0 Å². The summed E-state index contributed by atoms with van der Waals surface area (Å²) >= 11 is 8.12. The van der Waals surface area contributed by atoms with Crippen LogP contribution in [-0.4, -0.2) is 22.2 Å². The van der Waals surface area contributed by atoms with Crippen molar-refractivity contribution in [1.82, 2.24) is 15.1 Å². The van der Waals surface area contributed by atoms with E-state index in [-0.39, 0.29) is 5.91 Å². The van der Waals surface area contributed by atoms with Crippen LogP contribution in [0.1, 0.15) is 9.67 Å². The van der Waals surface area contributed by atoms with Gasteiger partial charge in [0.1, 0.15) is 0 Å². The second kappa shape index (κ2) is 5.79. The summed E-state index contributed by atoms with van der Waals surface area (Å²) < 4.78 is 3.61. The maximum absolute atomic E-state index is 11.8. The SMILES string of the molecule is O=C(NCCn1cccn1)c1cc(Br)c(Br)s1. The molecule has 0 aliphatic carbocycles. The summed E-state index contributed by atoms with van der Waals surface area (Å²) in [7, 11) is 0. The van der Waals surface area contributed by atoms with Crippen LogP contribution in [0.4, 0.5) is 0 Å². The first-order chi connectivity index (χ1) is 8.16. The van der Waals surface area contributed by atoms with Crippen molar-refractivity contribution in [2.24, 2.45) is 0 Å². The smallest absolute Gasteiger partial charge is 0.261 e. The van der Waals surface area contributed by atoms with Gasteiger partial charge in [-0.1, -0.05) is 0 Å². The summed E-state index contributed by atoms with van der Waals surface area (Å²) in [6.07, 6.45) is 3.58. The van der Waals surface area contributed by atoms with Crippen LogP contribution in [0.2, 0.25) is 0 Å². The third kappa shape index (κ3) is 3.40. The predicted octanol–water partition coefficient (Wildman–Crippen LogP) is 2.90. The monoisotopic (exact) mass is 377 g/mol. The van der Waals surface area contributed by atoms with Crippen molar-refractivity contribution in [3.8, 4) is 0 Å². The Kier molecular flexibility index (Phi) is 4.36. The second-order valence-corrected chi connectivity index (χ2v) is 6.48. The number of nitrogens with one attached hydrogen (secondary N) is 1. The van der Waals surface area contributed by atoms with Gasteiger partial charge in [-0.2, -0.15) is 5.10 Å². The van der Waals surface area contributed by atoms with Crippen molar-refractivity contribution in [3.05, 3.63) is 37.7 Å². The molecule has 0 aliphatic heterocycles. The molecule has 0 saturated heterocycles. The van der Waals surface area contributed by atoms with Gasteiger partial charge in [-0.05, 0) is 44.0 Å². The third-order valence-electron chi connectivity index (χ3n) is 2.05. The molecule has 0 spiro atoms. The van der Waals surface area contributed by atoms with Crippen LogP contribution in [0.15, 0.2) is 32.8 Å². The molecule has 2 rings (SSSR count). The Morgan fingerprint density at radius 3 is 2.94 bits per heavy atom. The first kappa shape index (κ1) is 12.8. The molecule has 0 unspecified atom stereocenters. The summed E-state index contributed by atoms with van der Waals surface area (Å²) in [4.78, 5) is 12.5. The number of hydrogen-bond donors (Lipinski definition) is 1. The highest BCUT2D eigenvalue weighted by Gasteiger charge is 2.11. The number of halogens is 2. The van der Waals surface area contributed by atoms with E-state index in [4.69, 9.17) is 0 Å². The molecule has 0 radical (unpaired) electrons. The van der Waals surface area contributed by atoms with Crippen LogP contribution in [0, 0.1) is 0 Å². The van der Waals surface area contributed by atoms with Gasteiger partial charge < -0.3 is 5.32 Å². The fourth-order valence-corrected chi connectivity index (χ4v) is 3.21. The Bertz CT molecular complexity index is 490. The van der Waals surface area contributed by atoms with E-state index in [0.29, 0.717) is 18.0 Å². The van der Waals surface area contributed by atoms with Crippen LogP contribution in [-0.2, 0) is 6.54 Å². The molecule has 0 aliphatic rings. The van der Waals surface area contributed by atoms with E-state index in [2.05, 4.69) is 42.3 Å². The topological polar surface area (TPSA) is 46.9 Å². The number of nitrogens with zero attached hydrogens (tertiary/aromatic N) is 2. The molecule has 0 saturated carbocycles. The molecule has 2 aromatic rings. The molecule has 1 N–H and O–H groups in total. The number of hydrogen-bond acceptors (Lipinski definition) is 3. The van der Waals surface area contributed by atoms with Crippen molar-refractivity contribution in [2.45, 2.75) is 6.54 Å². The zero-order chi connectivity index (χ0) is 12.3. The number of thiophene rings is 1. The average Bonchev–Trinajstić information content (AvgIpc) is 2.90. The second-order valence-electron chi connectivity index (χ2n) is 3.26. The predicted molar refractivity (Wildman–Crippen MR) is 74.3 cm³/mol. The lowest BCUT2D eigenvalue weighted by Gasteiger charge is -2.03. The number of carbonyl (C=O) groups is 1. The van der Waals surface area contributed by atoms with Gasteiger partial charge in [0.2, 0.25) is 0 Å². The zero-order valence-corrected chi connectivity index (χ0v) is 12.7. The number of amides is 1. The van der Waals surface area contributed by atoms with Gasteiger partial charge in [0.05, 0.1) is 15.2 Å². The van der Waals surface area contributed by atoms with E-state index >= 15 is 0 Å². The molecule has 0 aromatic carbocycles. The van der Waals surface area contributed by atoms with Crippen molar-refractivity contribution in [1.29, 1.82) is 0 Å².